The molecule has 1 aliphatic rings. The normalized spacial score (nSPS) is 18.2. The van der Waals surface area contributed by atoms with E-state index in [0.717, 1.165) is 26.1 Å². The molecule has 4 nitrogen and oxygen atoms in total. The van der Waals surface area contributed by atoms with Crippen LogP contribution in [0.5, 0.6) is 0 Å². The summed E-state index contributed by atoms with van der Waals surface area (Å²) in [5.41, 5.74) is 8.02. The summed E-state index contributed by atoms with van der Waals surface area (Å²) in [5.74, 6) is 0.560. The summed E-state index contributed by atoms with van der Waals surface area (Å²) in [7, 11) is 0. The second-order valence-corrected chi connectivity index (χ2v) is 2.47. The van der Waals surface area contributed by atoms with Gasteiger partial charge in [-0.3, -0.25) is 0 Å². The van der Waals surface area contributed by atoms with Crippen LogP contribution in [0.3, 0.4) is 0 Å². The standard InChI is InChI=1S/C6H11N3O.CH4/c7-9-8-5-6-1-3-10-4-2-6;/h6H,1-5H2;1H4. The van der Waals surface area contributed by atoms with Crippen molar-refractivity contribution in [3.05, 3.63) is 10.4 Å². The van der Waals surface area contributed by atoms with Gasteiger partial charge in [0.15, 0.2) is 0 Å². The molecule has 0 atom stereocenters. The van der Waals surface area contributed by atoms with Gasteiger partial charge in [-0.25, -0.2) is 0 Å². The molecule has 1 heterocycles. The highest BCUT2D eigenvalue weighted by atomic mass is 16.5. The highest BCUT2D eigenvalue weighted by Gasteiger charge is 2.11. The molecule has 4 heteroatoms. The van der Waals surface area contributed by atoms with Crippen molar-refractivity contribution in [1.29, 1.82) is 0 Å². The fourth-order valence-electron chi connectivity index (χ4n) is 1.08. The molecule has 0 aromatic carbocycles. The summed E-state index contributed by atoms with van der Waals surface area (Å²) < 4.78 is 5.14. The Balaban J connectivity index is 0.000001000. The third-order valence-electron chi connectivity index (χ3n) is 1.74. The average Bonchev–Trinajstić information content (AvgIpc) is 2.03. The molecule has 0 aromatic rings. The quantitative estimate of drug-likeness (QED) is 0.345. The summed E-state index contributed by atoms with van der Waals surface area (Å²) in [4.78, 5) is 2.71. The topological polar surface area (TPSA) is 58.0 Å². The number of azide groups is 1. The molecule has 0 radical (unpaired) electrons. The average molecular weight is 157 g/mol. The lowest BCUT2D eigenvalue weighted by Gasteiger charge is -2.19. The lowest BCUT2D eigenvalue weighted by Crippen LogP contribution is -2.17. The summed E-state index contributed by atoms with van der Waals surface area (Å²) in [5, 5.41) is 3.52. The van der Waals surface area contributed by atoms with Crippen molar-refractivity contribution in [1.82, 2.24) is 0 Å². The molecular weight excluding hydrogens is 142 g/mol. The lowest BCUT2D eigenvalue weighted by atomic mass is 10.0. The first-order valence-electron chi connectivity index (χ1n) is 3.52. The maximum Gasteiger partial charge on any atom is 0.0468 e. The molecule has 1 rings (SSSR count). The van der Waals surface area contributed by atoms with E-state index in [2.05, 4.69) is 10.0 Å². The van der Waals surface area contributed by atoms with E-state index in [-0.39, 0.29) is 7.43 Å². The van der Waals surface area contributed by atoms with Gasteiger partial charge < -0.3 is 4.74 Å². The van der Waals surface area contributed by atoms with Gasteiger partial charge in [-0.1, -0.05) is 12.5 Å². The van der Waals surface area contributed by atoms with Crippen LogP contribution in [0.15, 0.2) is 5.11 Å². The van der Waals surface area contributed by atoms with Gasteiger partial charge in [0.05, 0.1) is 0 Å². The first kappa shape index (κ1) is 10.3. The molecule has 0 saturated carbocycles. The Bertz CT molecular complexity index is 137. The van der Waals surface area contributed by atoms with Crippen molar-refractivity contribution >= 4 is 0 Å². The van der Waals surface area contributed by atoms with Gasteiger partial charge >= 0.3 is 0 Å². The zero-order valence-corrected chi connectivity index (χ0v) is 5.86. The van der Waals surface area contributed by atoms with E-state index in [4.69, 9.17) is 10.3 Å². The van der Waals surface area contributed by atoms with E-state index in [0.29, 0.717) is 12.5 Å². The highest BCUT2D eigenvalue weighted by Crippen LogP contribution is 2.14. The molecule has 1 aliphatic heterocycles. The molecule has 0 bridgehead atoms. The Kier molecular flexibility index (Phi) is 5.61. The van der Waals surface area contributed by atoms with Crippen LogP contribution in [0.25, 0.3) is 10.4 Å². The molecule has 0 spiro atoms. The van der Waals surface area contributed by atoms with Gasteiger partial charge in [-0.15, -0.1) is 0 Å². The second-order valence-electron chi connectivity index (χ2n) is 2.47. The summed E-state index contributed by atoms with van der Waals surface area (Å²) in [6, 6.07) is 0. The molecule has 64 valence electrons. The largest absolute Gasteiger partial charge is 0.381 e. The van der Waals surface area contributed by atoms with Crippen LogP contribution in [0.2, 0.25) is 0 Å². The van der Waals surface area contributed by atoms with Crippen molar-refractivity contribution in [3.8, 4) is 0 Å². The number of rotatable bonds is 2. The Hall–Kier alpha value is -0.730. The molecule has 0 unspecified atom stereocenters. The van der Waals surface area contributed by atoms with Crippen LogP contribution in [-0.4, -0.2) is 19.8 Å². The van der Waals surface area contributed by atoms with Gasteiger partial charge in [0, 0.05) is 24.7 Å². The second kappa shape index (κ2) is 6.01. The van der Waals surface area contributed by atoms with Gasteiger partial charge in [-0.2, -0.15) is 0 Å². The number of ether oxygens (including phenoxy) is 1. The van der Waals surface area contributed by atoms with Crippen LogP contribution in [0, 0.1) is 5.92 Å². The number of hydrogen-bond acceptors (Lipinski definition) is 2. The first-order valence-corrected chi connectivity index (χ1v) is 3.52. The molecule has 11 heavy (non-hydrogen) atoms. The van der Waals surface area contributed by atoms with Crippen molar-refractivity contribution in [2.24, 2.45) is 11.0 Å². The van der Waals surface area contributed by atoms with Crippen LogP contribution in [-0.2, 0) is 4.74 Å². The smallest absolute Gasteiger partial charge is 0.0468 e. The molecule has 0 amide bonds. The van der Waals surface area contributed by atoms with Crippen LogP contribution in [0.4, 0.5) is 0 Å². The van der Waals surface area contributed by atoms with E-state index >= 15 is 0 Å². The first-order chi connectivity index (χ1) is 4.93. The van der Waals surface area contributed by atoms with Crippen molar-refractivity contribution in [2.45, 2.75) is 20.3 Å². The number of nitrogens with zero attached hydrogens (tertiary/aromatic N) is 3. The Morgan fingerprint density at radius 2 is 2.09 bits per heavy atom. The predicted octanol–water partition coefficient (Wildman–Crippen LogP) is 2.36. The van der Waals surface area contributed by atoms with Crippen molar-refractivity contribution in [2.75, 3.05) is 19.8 Å². The van der Waals surface area contributed by atoms with E-state index in [1.54, 1.807) is 0 Å². The van der Waals surface area contributed by atoms with E-state index in [1.807, 2.05) is 0 Å². The SMILES string of the molecule is C.[N-]=[N+]=NCC1CCOCC1. The van der Waals surface area contributed by atoms with E-state index in [9.17, 15) is 0 Å². The van der Waals surface area contributed by atoms with E-state index < -0.39 is 0 Å². The molecule has 1 fully saturated rings. The molecular formula is C7H15N3O. The third-order valence-corrected chi connectivity index (χ3v) is 1.74. The van der Waals surface area contributed by atoms with Gasteiger partial charge in [0.25, 0.3) is 0 Å². The predicted molar refractivity (Wildman–Crippen MR) is 44.3 cm³/mol. The minimum absolute atomic E-state index is 0. The van der Waals surface area contributed by atoms with Crippen molar-refractivity contribution in [3.63, 3.8) is 0 Å². The van der Waals surface area contributed by atoms with Crippen LogP contribution in [0.1, 0.15) is 20.3 Å². The van der Waals surface area contributed by atoms with Gasteiger partial charge in [-0.05, 0) is 24.3 Å². The van der Waals surface area contributed by atoms with E-state index in [1.165, 1.54) is 0 Å². The fourth-order valence-corrected chi connectivity index (χ4v) is 1.08. The van der Waals surface area contributed by atoms with Crippen LogP contribution < -0.4 is 0 Å². The Morgan fingerprint density at radius 1 is 1.45 bits per heavy atom. The lowest BCUT2D eigenvalue weighted by molar-refractivity contribution is 0.0688. The maximum atomic E-state index is 8.02. The fraction of sp³-hybridized carbons (Fsp3) is 1.00. The zero-order valence-electron chi connectivity index (χ0n) is 5.86. The van der Waals surface area contributed by atoms with Gasteiger partial charge in [0.1, 0.15) is 0 Å². The van der Waals surface area contributed by atoms with Crippen LogP contribution >= 0.6 is 0 Å². The summed E-state index contributed by atoms with van der Waals surface area (Å²) in [6.07, 6.45) is 2.08. The molecule has 0 N–H and O–H groups in total. The Morgan fingerprint density at radius 3 is 2.64 bits per heavy atom. The minimum Gasteiger partial charge on any atom is -0.381 e. The highest BCUT2D eigenvalue weighted by molar-refractivity contribution is 4.65. The Labute approximate surface area is 67.2 Å². The monoisotopic (exact) mass is 157 g/mol. The molecule has 0 aliphatic carbocycles. The minimum atomic E-state index is 0. The summed E-state index contributed by atoms with van der Waals surface area (Å²) in [6.45, 7) is 2.29. The third kappa shape index (κ3) is 3.86. The zero-order chi connectivity index (χ0) is 7.23. The summed E-state index contributed by atoms with van der Waals surface area (Å²) >= 11 is 0. The maximum absolute atomic E-state index is 8.02. The number of hydrogen-bond donors (Lipinski definition) is 0. The molecule has 0 aromatic heterocycles. The molecule has 1 saturated heterocycles. The van der Waals surface area contributed by atoms with Crippen molar-refractivity contribution < 1.29 is 4.74 Å². The van der Waals surface area contributed by atoms with Gasteiger partial charge in [0.2, 0.25) is 0 Å².